The van der Waals surface area contributed by atoms with E-state index in [1.165, 1.54) is 10.5 Å². The molecule has 0 spiro atoms. The number of para-hydroxylation sites is 1. The summed E-state index contributed by atoms with van der Waals surface area (Å²) in [5, 5.41) is 10.4. The first-order valence-electron chi connectivity index (χ1n) is 8.02. The summed E-state index contributed by atoms with van der Waals surface area (Å²) in [5.74, 6) is -0.975. The molecule has 1 aromatic heterocycles. The summed E-state index contributed by atoms with van der Waals surface area (Å²) in [6, 6.07) is 8.94. The highest BCUT2D eigenvalue weighted by atomic mass is 32.2. The van der Waals surface area contributed by atoms with Gasteiger partial charge >= 0.3 is 5.97 Å². The maximum atomic E-state index is 13.0. The number of pyridine rings is 1. The van der Waals surface area contributed by atoms with Gasteiger partial charge in [-0.05, 0) is 30.9 Å². The summed E-state index contributed by atoms with van der Waals surface area (Å²) in [4.78, 5) is 16.1. The van der Waals surface area contributed by atoms with Gasteiger partial charge in [-0.2, -0.15) is 4.31 Å². The first-order chi connectivity index (χ1) is 11.4. The summed E-state index contributed by atoms with van der Waals surface area (Å²) < 4.78 is 27.3. The van der Waals surface area contributed by atoms with E-state index in [-0.39, 0.29) is 23.9 Å². The van der Waals surface area contributed by atoms with E-state index in [2.05, 4.69) is 4.98 Å². The Morgan fingerprint density at radius 2 is 2.12 bits per heavy atom. The maximum Gasteiger partial charge on any atom is 0.311 e. The van der Waals surface area contributed by atoms with Crippen LogP contribution in [0.4, 0.5) is 0 Å². The van der Waals surface area contributed by atoms with Crippen molar-refractivity contribution in [3.05, 3.63) is 36.5 Å². The van der Waals surface area contributed by atoms with Gasteiger partial charge in [0.15, 0.2) is 0 Å². The Balaban J connectivity index is 1.71. The molecule has 0 amide bonds. The zero-order chi connectivity index (χ0) is 16.9. The van der Waals surface area contributed by atoms with Crippen LogP contribution in [-0.4, -0.2) is 41.9 Å². The molecule has 1 aliphatic heterocycles. The van der Waals surface area contributed by atoms with Crippen LogP contribution in [0.2, 0.25) is 0 Å². The molecule has 2 fully saturated rings. The van der Waals surface area contributed by atoms with Crippen LogP contribution >= 0.6 is 0 Å². The number of nitrogens with zero attached hydrogens (tertiary/aromatic N) is 2. The second-order valence-electron chi connectivity index (χ2n) is 6.71. The molecule has 1 aliphatic carbocycles. The Morgan fingerprint density at radius 1 is 1.33 bits per heavy atom. The molecule has 1 saturated heterocycles. The summed E-state index contributed by atoms with van der Waals surface area (Å²) in [6.45, 7) is 0.337. The first-order valence-corrected chi connectivity index (χ1v) is 9.46. The smallest absolute Gasteiger partial charge is 0.311 e. The lowest BCUT2D eigenvalue weighted by molar-refractivity contribution is -0.149. The van der Waals surface area contributed by atoms with Gasteiger partial charge in [0, 0.05) is 24.7 Å². The molecule has 126 valence electrons. The summed E-state index contributed by atoms with van der Waals surface area (Å²) in [6.07, 6.45) is 3.53. The Bertz CT molecular complexity index is 927. The topological polar surface area (TPSA) is 87.6 Å². The molecule has 2 atom stereocenters. The zero-order valence-corrected chi connectivity index (χ0v) is 13.9. The molecule has 7 heteroatoms. The highest BCUT2D eigenvalue weighted by Crippen LogP contribution is 2.50. The van der Waals surface area contributed by atoms with Crippen LogP contribution in [0.25, 0.3) is 10.9 Å². The molecule has 6 nitrogen and oxygen atoms in total. The summed E-state index contributed by atoms with van der Waals surface area (Å²) in [7, 11) is -3.74. The van der Waals surface area contributed by atoms with Crippen LogP contribution in [0.1, 0.15) is 19.3 Å². The molecule has 1 aromatic carbocycles. The van der Waals surface area contributed by atoms with Crippen molar-refractivity contribution >= 4 is 26.9 Å². The fourth-order valence-electron chi connectivity index (χ4n) is 4.12. The number of hydrogen-bond acceptors (Lipinski definition) is 4. The van der Waals surface area contributed by atoms with Crippen LogP contribution in [0.5, 0.6) is 0 Å². The largest absolute Gasteiger partial charge is 0.481 e. The average molecular weight is 346 g/mol. The molecule has 0 bridgehead atoms. The highest BCUT2D eigenvalue weighted by molar-refractivity contribution is 7.89. The minimum absolute atomic E-state index is 0.0577. The fourth-order valence-corrected chi connectivity index (χ4v) is 5.65. The van der Waals surface area contributed by atoms with E-state index < -0.39 is 21.4 Å². The average Bonchev–Trinajstić information content (AvgIpc) is 3.13. The summed E-state index contributed by atoms with van der Waals surface area (Å²) in [5.41, 5.74) is -0.186. The van der Waals surface area contributed by atoms with Gasteiger partial charge < -0.3 is 5.11 Å². The van der Waals surface area contributed by atoms with E-state index in [4.69, 9.17) is 0 Å². The molecule has 2 aromatic rings. The second kappa shape index (κ2) is 5.26. The van der Waals surface area contributed by atoms with Crippen LogP contribution in [0, 0.1) is 11.3 Å². The molecule has 0 radical (unpaired) electrons. The molecule has 4 rings (SSSR count). The van der Waals surface area contributed by atoms with E-state index >= 15 is 0 Å². The van der Waals surface area contributed by atoms with Gasteiger partial charge in [-0.25, -0.2) is 8.42 Å². The minimum Gasteiger partial charge on any atom is -0.481 e. The number of aromatic nitrogens is 1. The number of hydrogen-bond donors (Lipinski definition) is 1. The highest BCUT2D eigenvalue weighted by Gasteiger charge is 2.57. The Labute approximate surface area is 140 Å². The van der Waals surface area contributed by atoms with Gasteiger partial charge in [-0.15, -0.1) is 0 Å². The van der Waals surface area contributed by atoms with Crippen molar-refractivity contribution in [1.82, 2.24) is 9.29 Å². The van der Waals surface area contributed by atoms with Gasteiger partial charge in [-0.3, -0.25) is 9.78 Å². The third kappa shape index (κ3) is 2.15. The number of benzene rings is 1. The molecule has 2 aliphatic rings. The Hall–Kier alpha value is -1.99. The van der Waals surface area contributed by atoms with E-state index in [1.54, 1.807) is 6.07 Å². The normalized spacial score (nSPS) is 27.4. The quantitative estimate of drug-likeness (QED) is 0.920. The van der Waals surface area contributed by atoms with Crippen molar-refractivity contribution in [2.75, 3.05) is 13.1 Å². The van der Waals surface area contributed by atoms with Crippen molar-refractivity contribution < 1.29 is 18.3 Å². The lowest BCUT2D eigenvalue weighted by atomic mass is 9.81. The Morgan fingerprint density at radius 3 is 2.88 bits per heavy atom. The Kier molecular flexibility index (Phi) is 3.40. The molecule has 1 N–H and O–H groups in total. The van der Waals surface area contributed by atoms with Crippen LogP contribution in [-0.2, 0) is 14.8 Å². The van der Waals surface area contributed by atoms with Crippen molar-refractivity contribution in [2.24, 2.45) is 11.3 Å². The van der Waals surface area contributed by atoms with Gasteiger partial charge in [0.1, 0.15) is 4.90 Å². The van der Waals surface area contributed by atoms with Crippen molar-refractivity contribution in [1.29, 1.82) is 0 Å². The number of fused-ring (bicyclic) bond motifs is 2. The third-order valence-electron chi connectivity index (χ3n) is 5.47. The van der Waals surface area contributed by atoms with Crippen LogP contribution in [0.15, 0.2) is 41.4 Å². The molecular weight excluding hydrogens is 328 g/mol. The standard InChI is InChI=1S/C17H18N2O4S/c20-16(21)17-7-3-5-13(17)10-19(11-17)24(22,23)14-8-12-4-1-2-6-15(12)18-9-14/h1-2,4,6,8-9,13H,3,5,7,10-11H2,(H,20,21)/t13-,17+/m0/s1. The fraction of sp³-hybridized carbons (Fsp3) is 0.412. The predicted octanol–water partition coefficient (Wildman–Crippen LogP) is 2.11. The number of sulfonamides is 1. The first kappa shape index (κ1) is 15.5. The van der Waals surface area contributed by atoms with Gasteiger partial charge in [-0.1, -0.05) is 24.6 Å². The van der Waals surface area contributed by atoms with Crippen molar-refractivity contribution in [2.45, 2.75) is 24.2 Å². The van der Waals surface area contributed by atoms with E-state index in [9.17, 15) is 18.3 Å². The zero-order valence-electron chi connectivity index (χ0n) is 13.1. The second-order valence-corrected chi connectivity index (χ2v) is 8.65. The number of carboxylic acid groups (broad SMARTS) is 1. The van der Waals surface area contributed by atoms with E-state index in [0.29, 0.717) is 6.42 Å². The van der Waals surface area contributed by atoms with Crippen LogP contribution < -0.4 is 0 Å². The van der Waals surface area contributed by atoms with Crippen molar-refractivity contribution in [3.8, 4) is 0 Å². The minimum atomic E-state index is -3.74. The number of rotatable bonds is 3. The third-order valence-corrected chi connectivity index (χ3v) is 7.25. The molecule has 1 saturated carbocycles. The van der Waals surface area contributed by atoms with Gasteiger partial charge in [0.05, 0.1) is 10.9 Å². The van der Waals surface area contributed by atoms with E-state index in [1.807, 2.05) is 24.3 Å². The lowest BCUT2D eigenvalue weighted by Crippen LogP contribution is -2.37. The SMILES string of the molecule is O=C(O)[C@@]12CCC[C@H]1CN(S(=O)(=O)c1cnc3ccccc3c1)C2. The van der Waals surface area contributed by atoms with Gasteiger partial charge in [0.25, 0.3) is 0 Å². The monoisotopic (exact) mass is 346 g/mol. The maximum absolute atomic E-state index is 13.0. The van der Waals surface area contributed by atoms with E-state index in [0.717, 1.165) is 23.7 Å². The number of carbonyl (C=O) groups is 1. The number of carboxylic acids is 1. The molecule has 0 unspecified atom stereocenters. The number of aliphatic carboxylic acids is 1. The van der Waals surface area contributed by atoms with Gasteiger partial charge in [0.2, 0.25) is 10.0 Å². The van der Waals surface area contributed by atoms with Crippen molar-refractivity contribution in [3.63, 3.8) is 0 Å². The predicted molar refractivity (Wildman–Crippen MR) is 87.9 cm³/mol. The molecule has 2 heterocycles. The molecule has 24 heavy (non-hydrogen) atoms. The summed E-state index contributed by atoms with van der Waals surface area (Å²) >= 11 is 0. The lowest BCUT2D eigenvalue weighted by Gasteiger charge is -2.23. The molecular formula is C17H18N2O4S. The van der Waals surface area contributed by atoms with Crippen LogP contribution in [0.3, 0.4) is 0 Å².